The van der Waals surface area contributed by atoms with E-state index in [9.17, 15) is 4.79 Å². The van der Waals surface area contributed by atoms with Gasteiger partial charge < -0.3 is 0 Å². The van der Waals surface area contributed by atoms with Gasteiger partial charge in [0.2, 0.25) is 0 Å². The second kappa shape index (κ2) is 2.47. The van der Waals surface area contributed by atoms with Gasteiger partial charge in [-0.05, 0) is 44.1 Å². The molecular weight excluding hydrogens is 136 g/mol. The van der Waals surface area contributed by atoms with Gasteiger partial charge in [0, 0.05) is 6.42 Å². The molecule has 0 aromatic carbocycles. The lowest BCUT2D eigenvalue weighted by Gasteiger charge is -2.19. The maximum atomic E-state index is 11.4. The molecule has 0 aromatic rings. The summed E-state index contributed by atoms with van der Waals surface area (Å²) in [5.41, 5.74) is 2.58. The van der Waals surface area contributed by atoms with E-state index in [0.29, 0.717) is 11.7 Å². The largest absolute Gasteiger partial charge is 0.295 e. The third-order valence-corrected chi connectivity index (χ3v) is 2.99. The first kappa shape index (κ1) is 7.08. The minimum absolute atomic E-state index is 0.437. The van der Waals surface area contributed by atoms with Gasteiger partial charge in [-0.3, -0.25) is 4.79 Å². The zero-order chi connectivity index (χ0) is 7.84. The molecule has 0 aromatic heterocycles. The average molecular weight is 150 g/mol. The zero-order valence-electron chi connectivity index (χ0n) is 7.02. The van der Waals surface area contributed by atoms with Gasteiger partial charge >= 0.3 is 0 Å². The lowest BCUT2D eigenvalue weighted by atomic mass is 9.85. The van der Waals surface area contributed by atoms with Crippen LogP contribution in [0.4, 0.5) is 0 Å². The molecule has 1 fully saturated rings. The van der Waals surface area contributed by atoms with Crippen LogP contribution in [-0.4, -0.2) is 5.78 Å². The first-order chi connectivity index (χ1) is 5.29. The zero-order valence-corrected chi connectivity index (χ0v) is 7.02. The minimum atomic E-state index is 0.437. The van der Waals surface area contributed by atoms with Crippen LogP contribution in [0.1, 0.15) is 39.0 Å². The first-order valence-corrected chi connectivity index (χ1v) is 4.52. The van der Waals surface area contributed by atoms with Crippen LogP contribution in [-0.2, 0) is 4.79 Å². The predicted octanol–water partition coefficient (Wildman–Crippen LogP) is 2.47. The average Bonchev–Trinajstić information content (AvgIpc) is 2.34. The van der Waals surface area contributed by atoms with Crippen LogP contribution in [0.2, 0.25) is 0 Å². The highest BCUT2D eigenvalue weighted by atomic mass is 16.1. The Kier molecular flexibility index (Phi) is 1.59. The van der Waals surface area contributed by atoms with E-state index in [1.807, 2.05) is 0 Å². The van der Waals surface area contributed by atoms with Gasteiger partial charge in [-0.25, -0.2) is 0 Å². The van der Waals surface area contributed by atoms with Crippen molar-refractivity contribution in [1.29, 1.82) is 0 Å². The molecule has 11 heavy (non-hydrogen) atoms. The van der Waals surface area contributed by atoms with Crippen LogP contribution in [0.25, 0.3) is 0 Å². The van der Waals surface area contributed by atoms with Gasteiger partial charge in [-0.1, -0.05) is 5.57 Å². The van der Waals surface area contributed by atoms with E-state index in [-0.39, 0.29) is 0 Å². The minimum Gasteiger partial charge on any atom is -0.295 e. The normalized spacial score (nSPS) is 31.0. The number of ketones is 1. The van der Waals surface area contributed by atoms with Gasteiger partial charge in [-0.15, -0.1) is 0 Å². The van der Waals surface area contributed by atoms with Gasteiger partial charge in [-0.2, -0.15) is 0 Å². The lowest BCUT2D eigenvalue weighted by Crippen LogP contribution is -2.09. The maximum Gasteiger partial charge on any atom is 0.159 e. The summed E-state index contributed by atoms with van der Waals surface area (Å²) in [5.74, 6) is 1.09. The number of hydrogen-bond donors (Lipinski definition) is 0. The molecule has 0 aliphatic heterocycles. The third kappa shape index (κ3) is 1.03. The monoisotopic (exact) mass is 150 g/mol. The Morgan fingerprint density at radius 3 is 2.82 bits per heavy atom. The summed E-state index contributed by atoms with van der Waals surface area (Å²) >= 11 is 0. The summed E-state index contributed by atoms with van der Waals surface area (Å²) in [5, 5.41) is 0. The predicted molar refractivity (Wildman–Crippen MR) is 44.3 cm³/mol. The molecule has 2 aliphatic carbocycles. The fraction of sp³-hybridized carbons (Fsp3) is 0.700. The summed E-state index contributed by atoms with van der Waals surface area (Å²) in [6, 6.07) is 0. The van der Waals surface area contributed by atoms with Crippen LogP contribution < -0.4 is 0 Å². The number of carbonyl (C=O) groups excluding carboxylic acids is 1. The van der Waals surface area contributed by atoms with Gasteiger partial charge in [0.1, 0.15) is 0 Å². The summed E-state index contributed by atoms with van der Waals surface area (Å²) in [4.78, 5) is 11.4. The summed E-state index contributed by atoms with van der Waals surface area (Å²) < 4.78 is 0. The molecule has 0 N–H and O–H groups in total. The third-order valence-electron chi connectivity index (χ3n) is 2.99. The molecule has 0 amide bonds. The Hall–Kier alpha value is -0.590. The molecule has 1 unspecified atom stereocenters. The smallest absolute Gasteiger partial charge is 0.159 e. The molecule has 0 radical (unpaired) electrons. The number of Topliss-reactive ketones (excluding diaryl/α,β-unsaturated/α-hetero) is 1. The number of allylic oxidation sites excluding steroid dienone is 2. The molecular formula is C10H14O. The molecule has 0 heterocycles. The number of hydrogen-bond acceptors (Lipinski definition) is 1. The molecule has 0 spiro atoms. The Labute approximate surface area is 67.5 Å². The maximum absolute atomic E-state index is 11.4. The molecule has 60 valence electrons. The van der Waals surface area contributed by atoms with Crippen molar-refractivity contribution in [3.63, 3.8) is 0 Å². The second-order valence-corrected chi connectivity index (χ2v) is 3.75. The van der Waals surface area contributed by atoms with Crippen LogP contribution in [0.5, 0.6) is 0 Å². The lowest BCUT2D eigenvalue weighted by molar-refractivity contribution is -0.114. The molecule has 1 heteroatoms. The van der Waals surface area contributed by atoms with Crippen molar-refractivity contribution in [2.45, 2.75) is 39.0 Å². The van der Waals surface area contributed by atoms with E-state index >= 15 is 0 Å². The van der Waals surface area contributed by atoms with Crippen molar-refractivity contribution < 1.29 is 4.79 Å². The highest BCUT2D eigenvalue weighted by Crippen LogP contribution is 2.39. The van der Waals surface area contributed by atoms with Crippen LogP contribution in [0.15, 0.2) is 11.1 Å². The van der Waals surface area contributed by atoms with Crippen LogP contribution in [0.3, 0.4) is 0 Å². The molecule has 0 bridgehead atoms. The SMILES string of the molecule is CC1=C2C(=O)CCC2CCC1. The standard InChI is InChI=1S/C10H14O/c1-7-3-2-4-8-5-6-9(11)10(7)8/h8H,2-6H2,1H3. The van der Waals surface area contributed by atoms with Crippen molar-refractivity contribution in [2.75, 3.05) is 0 Å². The van der Waals surface area contributed by atoms with E-state index in [0.717, 1.165) is 19.3 Å². The van der Waals surface area contributed by atoms with Crippen LogP contribution in [0, 0.1) is 5.92 Å². The van der Waals surface area contributed by atoms with Gasteiger partial charge in [0.25, 0.3) is 0 Å². The highest BCUT2D eigenvalue weighted by molar-refractivity contribution is 5.98. The molecule has 1 saturated carbocycles. The number of fused-ring (bicyclic) bond motifs is 1. The fourth-order valence-electron chi connectivity index (χ4n) is 2.44. The van der Waals surface area contributed by atoms with Crippen molar-refractivity contribution in [3.8, 4) is 0 Å². The first-order valence-electron chi connectivity index (χ1n) is 4.52. The summed E-state index contributed by atoms with van der Waals surface area (Å²) in [7, 11) is 0. The van der Waals surface area contributed by atoms with Crippen molar-refractivity contribution in [3.05, 3.63) is 11.1 Å². The van der Waals surface area contributed by atoms with E-state index < -0.39 is 0 Å². The van der Waals surface area contributed by atoms with E-state index in [2.05, 4.69) is 6.92 Å². The fourth-order valence-corrected chi connectivity index (χ4v) is 2.44. The molecule has 2 rings (SSSR count). The van der Waals surface area contributed by atoms with E-state index in [1.165, 1.54) is 24.0 Å². The van der Waals surface area contributed by atoms with Crippen LogP contribution >= 0.6 is 0 Å². The quantitative estimate of drug-likeness (QED) is 0.518. The molecule has 1 nitrogen and oxygen atoms in total. The molecule has 0 saturated heterocycles. The van der Waals surface area contributed by atoms with Gasteiger partial charge in [0.15, 0.2) is 5.78 Å². The topological polar surface area (TPSA) is 17.1 Å². The Morgan fingerprint density at radius 2 is 2.09 bits per heavy atom. The number of rotatable bonds is 0. The highest BCUT2D eigenvalue weighted by Gasteiger charge is 2.31. The Bertz CT molecular complexity index is 225. The molecule has 2 aliphatic rings. The van der Waals surface area contributed by atoms with Gasteiger partial charge in [0.05, 0.1) is 0 Å². The Morgan fingerprint density at radius 1 is 1.27 bits per heavy atom. The number of carbonyl (C=O) groups is 1. The van der Waals surface area contributed by atoms with E-state index in [1.54, 1.807) is 0 Å². The van der Waals surface area contributed by atoms with E-state index in [4.69, 9.17) is 0 Å². The van der Waals surface area contributed by atoms with Crippen molar-refractivity contribution >= 4 is 5.78 Å². The summed E-state index contributed by atoms with van der Waals surface area (Å²) in [6.07, 6.45) is 5.67. The van der Waals surface area contributed by atoms with Crippen molar-refractivity contribution in [2.24, 2.45) is 5.92 Å². The second-order valence-electron chi connectivity index (χ2n) is 3.75. The summed E-state index contributed by atoms with van der Waals surface area (Å²) in [6.45, 7) is 2.13. The van der Waals surface area contributed by atoms with Crippen molar-refractivity contribution in [1.82, 2.24) is 0 Å². The molecule has 1 atom stereocenters. The Balaban J connectivity index is 2.37.